The van der Waals surface area contributed by atoms with Gasteiger partial charge in [-0.3, -0.25) is 0 Å². The summed E-state index contributed by atoms with van der Waals surface area (Å²) in [6.45, 7) is 5.60. The Labute approximate surface area is 87.4 Å². The molecule has 2 nitrogen and oxygen atoms in total. The Hall–Kier alpha value is -0.790. The molecule has 1 aromatic rings. The van der Waals surface area contributed by atoms with Gasteiger partial charge in [-0.2, -0.15) is 0 Å². The number of imidazole rings is 1. The van der Waals surface area contributed by atoms with Crippen molar-refractivity contribution in [2.75, 3.05) is 0 Å². The lowest BCUT2D eigenvalue weighted by atomic mass is 10.2. The maximum Gasteiger partial charge on any atom is 0.108 e. The molecule has 0 amide bonds. The van der Waals surface area contributed by atoms with E-state index in [4.69, 9.17) is 0 Å². The molecule has 2 heteroatoms. The van der Waals surface area contributed by atoms with Gasteiger partial charge in [0.25, 0.3) is 0 Å². The van der Waals surface area contributed by atoms with Gasteiger partial charge in [0, 0.05) is 25.4 Å². The molecule has 0 saturated carbocycles. The van der Waals surface area contributed by atoms with E-state index >= 15 is 0 Å². The summed E-state index contributed by atoms with van der Waals surface area (Å²) < 4.78 is 2.30. The molecule has 0 fully saturated rings. The molecular weight excluding hydrogens is 172 g/mol. The molecule has 0 aliphatic rings. The van der Waals surface area contributed by atoms with Crippen LogP contribution in [0.15, 0.2) is 12.4 Å². The van der Waals surface area contributed by atoms with Crippen molar-refractivity contribution in [3.8, 4) is 0 Å². The minimum atomic E-state index is 1.11. The highest BCUT2D eigenvalue weighted by molar-refractivity contribution is 4.92. The topological polar surface area (TPSA) is 17.8 Å². The number of hydrogen-bond acceptors (Lipinski definition) is 1. The molecule has 0 aliphatic heterocycles. The number of hydrogen-bond donors (Lipinski definition) is 0. The average Bonchev–Trinajstić information content (AvgIpc) is 2.61. The van der Waals surface area contributed by atoms with Gasteiger partial charge in [0.05, 0.1) is 0 Å². The van der Waals surface area contributed by atoms with Crippen molar-refractivity contribution < 1.29 is 0 Å². The van der Waals surface area contributed by atoms with Gasteiger partial charge in [-0.25, -0.2) is 4.98 Å². The molecule has 80 valence electrons. The van der Waals surface area contributed by atoms with E-state index in [-0.39, 0.29) is 0 Å². The summed E-state index contributed by atoms with van der Waals surface area (Å²) in [4.78, 5) is 4.37. The molecule has 0 radical (unpaired) electrons. The Balaban J connectivity index is 2.30. The number of nitrogens with zero attached hydrogens (tertiary/aromatic N) is 2. The minimum absolute atomic E-state index is 1.11. The summed E-state index contributed by atoms with van der Waals surface area (Å²) in [6, 6.07) is 0. The lowest BCUT2D eigenvalue weighted by molar-refractivity contribution is 0.562. The maximum absolute atomic E-state index is 4.37. The third kappa shape index (κ3) is 3.52. The monoisotopic (exact) mass is 194 g/mol. The minimum Gasteiger partial charge on any atom is -0.335 e. The number of aromatic nitrogens is 2. The smallest absolute Gasteiger partial charge is 0.108 e. The van der Waals surface area contributed by atoms with Gasteiger partial charge < -0.3 is 4.57 Å². The maximum atomic E-state index is 4.37. The molecule has 0 aliphatic carbocycles. The summed E-state index contributed by atoms with van der Waals surface area (Å²) in [5, 5.41) is 0. The van der Waals surface area contributed by atoms with Gasteiger partial charge in [-0.05, 0) is 12.8 Å². The second-order valence-corrected chi connectivity index (χ2v) is 3.85. The molecule has 1 aromatic heterocycles. The molecule has 0 N–H and O–H groups in total. The Morgan fingerprint density at radius 3 is 2.71 bits per heavy atom. The van der Waals surface area contributed by atoms with Crippen molar-refractivity contribution >= 4 is 0 Å². The van der Waals surface area contributed by atoms with Gasteiger partial charge in [0.15, 0.2) is 0 Å². The zero-order valence-corrected chi connectivity index (χ0v) is 9.50. The second-order valence-electron chi connectivity index (χ2n) is 3.85. The summed E-state index contributed by atoms with van der Waals surface area (Å²) in [7, 11) is 0. The fraction of sp³-hybridized carbons (Fsp3) is 0.750. The first-order valence-corrected chi connectivity index (χ1v) is 5.88. The zero-order chi connectivity index (χ0) is 10.2. The second kappa shape index (κ2) is 6.63. The largest absolute Gasteiger partial charge is 0.335 e. The quantitative estimate of drug-likeness (QED) is 0.608. The summed E-state index contributed by atoms with van der Waals surface area (Å²) >= 11 is 0. The van der Waals surface area contributed by atoms with Crippen LogP contribution in [0.2, 0.25) is 0 Å². The fourth-order valence-electron chi connectivity index (χ4n) is 1.70. The molecule has 0 saturated heterocycles. The van der Waals surface area contributed by atoms with Crippen LogP contribution < -0.4 is 0 Å². The van der Waals surface area contributed by atoms with Crippen LogP contribution >= 0.6 is 0 Å². The van der Waals surface area contributed by atoms with E-state index in [0.29, 0.717) is 0 Å². The molecule has 1 heterocycles. The first-order chi connectivity index (χ1) is 6.88. The van der Waals surface area contributed by atoms with Gasteiger partial charge in [0.2, 0.25) is 0 Å². The lowest BCUT2D eigenvalue weighted by Gasteiger charge is -2.06. The van der Waals surface area contributed by atoms with E-state index in [1.54, 1.807) is 0 Å². The first kappa shape index (κ1) is 11.3. The van der Waals surface area contributed by atoms with Gasteiger partial charge in [-0.1, -0.05) is 33.1 Å². The summed E-state index contributed by atoms with van der Waals surface area (Å²) in [5.74, 6) is 1.25. The number of unbranched alkanes of at least 4 members (excludes halogenated alkanes) is 3. The van der Waals surface area contributed by atoms with Gasteiger partial charge in [0.1, 0.15) is 5.82 Å². The molecular formula is C12H22N2. The van der Waals surface area contributed by atoms with Crippen molar-refractivity contribution in [3.05, 3.63) is 18.2 Å². The zero-order valence-electron chi connectivity index (χ0n) is 9.50. The highest BCUT2D eigenvalue weighted by atomic mass is 15.1. The van der Waals surface area contributed by atoms with Crippen molar-refractivity contribution in [2.24, 2.45) is 0 Å². The molecule has 0 unspecified atom stereocenters. The lowest BCUT2D eigenvalue weighted by Crippen LogP contribution is -2.02. The average molecular weight is 194 g/mol. The standard InChI is InChI=1S/C12H22N2/c1-3-5-6-7-10-14-11-9-13-12(14)8-4-2/h9,11H,3-8,10H2,1-2H3. The van der Waals surface area contributed by atoms with Crippen LogP contribution in [-0.4, -0.2) is 9.55 Å². The van der Waals surface area contributed by atoms with Crippen LogP contribution in [0.25, 0.3) is 0 Å². The van der Waals surface area contributed by atoms with Crippen LogP contribution in [0.1, 0.15) is 51.8 Å². The van der Waals surface area contributed by atoms with Crippen LogP contribution in [0, 0.1) is 0 Å². The van der Waals surface area contributed by atoms with Crippen LogP contribution in [-0.2, 0) is 13.0 Å². The van der Waals surface area contributed by atoms with Crippen molar-refractivity contribution in [2.45, 2.75) is 58.9 Å². The third-order valence-corrected chi connectivity index (χ3v) is 2.53. The molecule has 0 spiro atoms. The molecule has 14 heavy (non-hydrogen) atoms. The SMILES string of the molecule is CCCCCCn1ccnc1CCC. The summed E-state index contributed by atoms with van der Waals surface area (Å²) in [5.41, 5.74) is 0. The summed E-state index contributed by atoms with van der Waals surface area (Å²) in [6.07, 6.45) is 11.6. The van der Waals surface area contributed by atoms with Gasteiger partial charge >= 0.3 is 0 Å². The highest BCUT2D eigenvalue weighted by Crippen LogP contribution is 2.06. The Kier molecular flexibility index (Phi) is 5.35. The van der Waals surface area contributed by atoms with E-state index in [1.807, 2.05) is 6.20 Å². The van der Waals surface area contributed by atoms with E-state index in [0.717, 1.165) is 13.0 Å². The normalized spacial score (nSPS) is 10.7. The molecule has 0 aromatic carbocycles. The number of aryl methyl sites for hydroxylation is 2. The van der Waals surface area contributed by atoms with Crippen molar-refractivity contribution in [1.29, 1.82) is 0 Å². The van der Waals surface area contributed by atoms with Crippen LogP contribution in [0.3, 0.4) is 0 Å². The van der Waals surface area contributed by atoms with Crippen LogP contribution in [0.5, 0.6) is 0 Å². The van der Waals surface area contributed by atoms with E-state index in [1.165, 1.54) is 37.9 Å². The number of rotatable bonds is 7. The van der Waals surface area contributed by atoms with Crippen molar-refractivity contribution in [3.63, 3.8) is 0 Å². The molecule has 1 rings (SSSR count). The first-order valence-electron chi connectivity index (χ1n) is 5.88. The predicted octanol–water partition coefficient (Wildman–Crippen LogP) is 3.42. The molecule has 0 atom stereocenters. The van der Waals surface area contributed by atoms with Crippen molar-refractivity contribution in [1.82, 2.24) is 9.55 Å². The Morgan fingerprint density at radius 2 is 2.00 bits per heavy atom. The van der Waals surface area contributed by atoms with Gasteiger partial charge in [-0.15, -0.1) is 0 Å². The third-order valence-electron chi connectivity index (χ3n) is 2.53. The highest BCUT2D eigenvalue weighted by Gasteiger charge is 2.00. The van der Waals surface area contributed by atoms with Crippen LogP contribution in [0.4, 0.5) is 0 Å². The van der Waals surface area contributed by atoms with E-state index in [9.17, 15) is 0 Å². The Bertz CT molecular complexity index is 240. The Morgan fingerprint density at radius 1 is 1.14 bits per heavy atom. The fourth-order valence-corrected chi connectivity index (χ4v) is 1.70. The van der Waals surface area contributed by atoms with E-state index < -0.39 is 0 Å². The van der Waals surface area contributed by atoms with E-state index in [2.05, 4.69) is 29.6 Å². The predicted molar refractivity (Wildman–Crippen MR) is 60.4 cm³/mol. The molecule has 0 bridgehead atoms.